The first-order valence-electron chi connectivity index (χ1n) is 9.14. The van der Waals surface area contributed by atoms with E-state index in [1.807, 2.05) is 54.6 Å². The number of fused-ring (bicyclic) bond motifs is 1. The zero-order valence-corrected chi connectivity index (χ0v) is 16.0. The number of imidazole rings is 1. The number of benzene rings is 2. The smallest absolute Gasteiger partial charge is 0.337 e. The number of allylic oxidation sites excluding steroid dienone is 1. The average Bonchev–Trinajstić information content (AvgIpc) is 3.16. The van der Waals surface area contributed by atoms with E-state index < -0.39 is 5.69 Å². The van der Waals surface area contributed by atoms with Gasteiger partial charge in [-0.05, 0) is 29.8 Å². The largest absolute Gasteiger partial charge is 0.497 e. The van der Waals surface area contributed by atoms with Crippen LogP contribution in [0, 0.1) is 0 Å². The molecule has 2 heterocycles. The Morgan fingerprint density at radius 3 is 2.45 bits per heavy atom. The molecule has 0 fully saturated rings. The molecular formula is C22H20N4O3. The molecule has 4 aromatic rings. The summed E-state index contributed by atoms with van der Waals surface area (Å²) in [4.78, 5) is 30.6. The van der Waals surface area contributed by atoms with Gasteiger partial charge in [0.1, 0.15) is 5.75 Å². The van der Waals surface area contributed by atoms with Crippen molar-refractivity contribution in [3.8, 4) is 11.4 Å². The van der Waals surface area contributed by atoms with Crippen molar-refractivity contribution in [2.24, 2.45) is 0 Å². The van der Waals surface area contributed by atoms with Crippen molar-refractivity contribution < 1.29 is 4.74 Å². The van der Waals surface area contributed by atoms with E-state index in [4.69, 9.17) is 4.74 Å². The van der Waals surface area contributed by atoms with Crippen LogP contribution in [0.15, 0.2) is 83.2 Å². The summed E-state index contributed by atoms with van der Waals surface area (Å²) in [6.45, 7) is 4.23. The van der Waals surface area contributed by atoms with Gasteiger partial charge >= 0.3 is 5.69 Å². The van der Waals surface area contributed by atoms with E-state index in [2.05, 4.69) is 11.6 Å². The Morgan fingerprint density at radius 2 is 1.79 bits per heavy atom. The second-order valence-electron chi connectivity index (χ2n) is 6.55. The maximum absolute atomic E-state index is 13.1. The predicted octanol–water partition coefficient (Wildman–Crippen LogP) is 2.59. The minimum Gasteiger partial charge on any atom is -0.497 e. The highest BCUT2D eigenvalue weighted by molar-refractivity contribution is 5.72. The molecule has 0 aliphatic heterocycles. The first-order valence-corrected chi connectivity index (χ1v) is 9.14. The van der Waals surface area contributed by atoms with Crippen LogP contribution >= 0.6 is 0 Å². The second-order valence-corrected chi connectivity index (χ2v) is 6.55. The van der Waals surface area contributed by atoms with E-state index >= 15 is 0 Å². The van der Waals surface area contributed by atoms with E-state index in [1.165, 1.54) is 15.2 Å². The molecule has 0 unspecified atom stereocenters. The van der Waals surface area contributed by atoms with Gasteiger partial charge in [-0.1, -0.05) is 36.4 Å². The van der Waals surface area contributed by atoms with Gasteiger partial charge in [-0.2, -0.15) is 0 Å². The molecule has 29 heavy (non-hydrogen) atoms. The molecule has 0 spiro atoms. The molecule has 0 saturated heterocycles. The summed E-state index contributed by atoms with van der Waals surface area (Å²) in [5.41, 5.74) is 1.50. The van der Waals surface area contributed by atoms with Gasteiger partial charge in [0.15, 0.2) is 11.2 Å². The van der Waals surface area contributed by atoms with Crippen LogP contribution < -0.4 is 16.0 Å². The third-order valence-electron chi connectivity index (χ3n) is 4.74. The lowest BCUT2D eigenvalue weighted by atomic mass is 10.2. The van der Waals surface area contributed by atoms with Crippen LogP contribution in [0.3, 0.4) is 0 Å². The summed E-state index contributed by atoms with van der Waals surface area (Å²) in [7, 11) is 1.61. The molecule has 146 valence electrons. The van der Waals surface area contributed by atoms with Crippen molar-refractivity contribution in [3.63, 3.8) is 0 Å². The molecule has 0 saturated carbocycles. The van der Waals surface area contributed by atoms with Crippen LogP contribution in [0.2, 0.25) is 0 Å². The second kappa shape index (κ2) is 7.63. The molecule has 0 aliphatic carbocycles. The Morgan fingerprint density at radius 1 is 1.07 bits per heavy atom. The number of rotatable bonds is 6. The van der Waals surface area contributed by atoms with Gasteiger partial charge in [-0.15, -0.1) is 6.58 Å². The van der Waals surface area contributed by atoms with Crippen molar-refractivity contribution in [2.45, 2.75) is 13.1 Å². The molecule has 2 aromatic carbocycles. The lowest BCUT2D eigenvalue weighted by Gasteiger charge is -2.12. The van der Waals surface area contributed by atoms with Crippen molar-refractivity contribution in [1.82, 2.24) is 18.7 Å². The van der Waals surface area contributed by atoms with Gasteiger partial charge in [-0.3, -0.25) is 9.36 Å². The van der Waals surface area contributed by atoms with Crippen LogP contribution in [0.1, 0.15) is 5.56 Å². The lowest BCUT2D eigenvalue weighted by Crippen LogP contribution is -2.39. The molecule has 4 rings (SSSR count). The van der Waals surface area contributed by atoms with Gasteiger partial charge < -0.3 is 9.30 Å². The highest BCUT2D eigenvalue weighted by atomic mass is 16.5. The Labute approximate surface area is 166 Å². The number of ether oxygens (including phenoxy) is 1. The monoisotopic (exact) mass is 388 g/mol. The molecule has 7 nitrogen and oxygen atoms in total. The lowest BCUT2D eigenvalue weighted by molar-refractivity contribution is 0.414. The van der Waals surface area contributed by atoms with Crippen LogP contribution in [0.5, 0.6) is 5.75 Å². The van der Waals surface area contributed by atoms with E-state index in [0.717, 1.165) is 11.3 Å². The van der Waals surface area contributed by atoms with Gasteiger partial charge in [-0.25, -0.2) is 14.3 Å². The number of hydrogen-bond acceptors (Lipinski definition) is 4. The van der Waals surface area contributed by atoms with Crippen molar-refractivity contribution in [3.05, 3.63) is 100.0 Å². The molecule has 0 bridgehead atoms. The van der Waals surface area contributed by atoms with Crippen molar-refractivity contribution >= 4 is 11.2 Å². The average molecular weight is 388 g/mol. The first-order chi connectivity index (χ1) is 14.1. The number of nitrogens with zero attached hydrogens (tertiary/aromatic N) is 4. The maximum Gasteiger partial charge on any atom is 0.337 e. The summed E-state index contributed by atoms with van der Waals surface area (Å²) >= 11 is 0. The van der Waals surface area contributed by atoms with Crippen LogP contribution in [0.25, 0.3) is 16.9 Å². The van der Waals surface area contributed by atoms with E-state index in [-0.39, 0.29) is 12.1 Å². The highest BCUT2D eigenvalue weighted by Crippen LogP contribution is 2.16. The topological polar surface area (TPSA) is 71.0 Å². The van der Waals surface area contributed by atoms with E-state index in [1.54, 1.807) is 18.0 Å². The standard InChI is InChI=1S/C22H20N4O3/c1-3-13-25-21(27)19-20(26(22(25)28)17-7-5-4-6-8-17)23-15-24(19)14-16-9-11-18(29-2)12-10-16/h3-12,15H,1,13-14H2,2H3. The first kappa shape index (κ1) is 18.5. The van der Waals surface area contributed by atoms with Crippen molar-refractivity contribution in [2.75, 3.05) is 7.11 Å². The Bertz CT molecular complexity index is 1280. The van der Waals surface area contributed by atoms with E-state index in [9.17, 15) is 9.59 Å². The number of hydrogen-bond donors (Lipinski definition) is 0. The molecule has 7 heteroatoms. The maximum atomic E-state index is 13.1. The summed E-state index contributed by atoms with van der Waals surface area (Å²) in [5.74, 6) is 0.760. The number of methoxy groups -OCH3 is 1. The third-order valence-corrected chi connectivity index (χ3v) is 4.74. The summed E-state index contributed by atoms with van der Waals surface area (Å²) in [5, 5.41) is 0. The van der Waals surface area contributed by atoms with Crippen molar-refractivity contribution in [1.29, 1.82) is 0 Å². The fraction of sp³-hybridized carbons (Fsp3) is 0.136. The minimum absolute atomic E-state index is 0.119. The summed E-state index contributed by atoms with van der Waals surface area (Å²) < 4.78 is 9.59. The van der Waals surface area contributed by atoms with E-state index in [0.29, 0.717) is 23.4 Å². The van der Waals surface area contributed by atoms with Crippen LogP contribution in [-0.2, 0) is 13.1 Å². The highest BCUT2D eigenvalue weighted by Gasteiger charge is 2.18. The minimum atomic E-state index is -0.441. The molecule has 2 aromatic heterocycles. The molecule has 0 N–H and O–H groups in total. The normalized spacial score (nSPS) is 10.9. The quantitative estimate of drug-likeness (QED) is 0.476. The van der Waals surface area contributed by atoms with Crippen LogP contribution in [0.4, 0.5) is 0 Å². The molecule has 0 radical (unpaired) electrons. The SMILES string of the molecule is C=CCn1c(=O)c2c(ncn2Cc2ccc(OC)cc2)n(-c2ccccc2)c1=O. The van der Waals surface area contributed by atoms with Gasteiger partial charge in [0, 0.05) is 13.1 Å². The molecular weight excluding hydrogens is 368 g/mol. The molecule has 0 atom stereocenters. The third kappa shape index (κ3) is 3.27. The fourth-order valence-corrected chi connectivity index (χ4v) is 3.33. The summed E-state index contributed by atoms with van der Waals surface area (Å²) in [6, 6.07) is 16.8. The fourth-order valence-electron chi connectivity index (χ4n) is 3.33. The molecule has 0 aliphatic rings. The zero-order valence-electron chi connectivity index (χ0n) is 16.0. The Balaban J connectivity index is 1.94. The number of aromatic nitrogens is 4. The van der Waals surface area contributed by atoms with Crippen LogP contribution in [-0.4, -0.2) is 25.8 Å². The van der Waals surface area contributed by atoms with Gasteiger partial charge in [0.2, 0.25) is 0 Å². The Kier molecular flexibility index (Phi) is 4.87. The van der Waals surface area contributed by atoms with Gasteiger partial charge in [0.25, 0.3) is 5.56 Å². The van der Waals surface area contributed by atoms with Gasteiger partial charge in [0.05, 0.1) is 19.1 Å². The molecule has 0 amide bonds. The number of para-hydroxylation sites is 1. The Hall–Kier alpha value is -3.87. The predicted molar refractivity (Wildman–Crippen MR) is 112 cm³/mol. The zero-order chi connectivity index (χ0) is 20.4. The summed E-state index contributed by atoms with van der Waals surface area (Å²) in [6.07, 6.45) is 3.13.